The van der Waals surface area contributed by atoms with Gasteiger partial charge < -0.3 is 0 Å². The Bertz CT molecular complexity index is 659. The van der Waals surface area contributed by atoms with Gasteiger partial charge in [0.25, 0.3) is 0 Å². The van der Waals surface area contributed by atoms with Crippen LogP contribution in [0.2, 0.25) is 0 Å². The van der Waals surface area contributed by atoms with E-state index in [4.69, 9.17) is 5.26 Å². The minimum atomic E-state index is -4.52. The molecule has 104 valence electrons. The largest absolute Gasteiger partial charge is 0.417 e. The maximum absolute atomic E-state index is 12.7. The molecule has 2 aromatic rings. The van der Waals surface area contributed by atoms with Gasteiger partial charge in [-0.15, -0.1) is 0 Å². The van der Waals surface area contributed by atoms with Crippen molar-refractivity contribution < 1.29 is 13.2 Å². The fourth-order valence-electron chi connectivity index (χ4n) is 1.45. The summed E-state index contributed by atoms with van der Waals surface area (Å²) in [4.78, 5) is 4.75. The Morgan fingerprint density at radius 1 is 1.40 bits per heavy atom. The van der Waals surface area contributed by atoms with Crippen LogP contribution < -0.4 is 0 Å². The summed E-state index contributed by atoms with van der Waals surface area (Å²) in [7, 11) is 0. The Morgan fingerprint density at radius 2 is 2.15 bits per heavy atom. The van der Waals surface area contributed by atoms with E-state index in [2.05, 4.69) is 9.36 Å². The first-order valence-electron chi connectivity index (χ1n) is 5.56. The Balaban J connectivity index is 2.28. The Hall–Kier alpha value is -1.59. The topological polar surface area (TPSA) is 49.6 Å². The highest BCUT2D eigenvalue weighted by molar-refractivity contribution is 8.01. The molecular weight excluding hydrogens is 307 g/mol. The van der Waals surface area contributed by atoms with Crippen LogP contribution in [0, 0.1) is 11.3 Å². The Labute approximate surface area is 121 Å². The molecule has 0 fully saturated rings. The van der Waals surface area contributed by atoms with Gasteiger partial charge in [0.1, 0.15) is 5.82 Å². The lowest BCUT2D eigenvalue weighted by Crippen LogP contribution is -2.07. The molecule has 0 spiro atoms. The fourth-order valence-corrected chi connectivity index (χ4v) is 3.17. The molecule has 8 heteroatoms. The number of halogens is 3. The number of alkyl halides is 3. The molecule has 0 saturated carbocycles. The third-order valence-corrected chi connectivity index (χ3v) is 4.17. The van der Waals surface area contributed by atoms with Crippen molar-refractivity contribution >= 4 is 23.3 Å². The lowest BCUT2D eigenvalue weighted by Gasteiger charge is -2.09. The molecule has 1 heterocycles. The predicted octanol–water partition coefficient (Wildman–Crippen LogP) is 4.14. The monoisotopic (exact) mass is 315 g/mol. The van der Waals surface area contributed by atoms with E-state index in [-0.39, 0.29) is 5.56 Å². The van der Waals surface area contributed by atoms with Crippen molar-refractivity contribution in [2.45, 2.75) is 28.8 Å². The van der Waals surface area contributed by atoms with E-state index in [1.165, 1.54) is 35.4 Å². The molecule has 3 nitrogen and oxygen atoms in total. The molecule has 0 aliphatic rings. The van der Waals surface area contributed by atoms with Gasteiger partial charge in [-0.1, -0.05) is 18.7 Å². The van der Waals surface area contributed by atoms with Gasteiger partial charge in [0.15, 0.2) is 4.34 Å². The van der Waals surface area contributed by atoms with Crippen molar-refractivity contribution in [1.29, 1.82) is 5.26 Å². The minimum Gasteiger partial charge on any atom is -0.213 e. The molecule has 0 unspecified atom stereocenters. The minimum absolute atomic E-state index is 0.386. The summed E-state index contributed by atoms with van der Waals surface area (Å²) in [6.45, 7) is 1.92. The molecule has 0 radical (unpaired) electrons. The summed E-state index contributed by atoms with van der Waals surface area (Å²) < 4.78 is 42.7. The van der Waals surface area contributed by atoms with Crippen molar-refractivity contribution in [1.82, 2.24) is 9.36 Å². The van der Waals surface area contributed by atoms with Gasteiger partial charge in [0.2, 0.25) is 0 Å². The summed E-state index contributed by atoms with van der Waals surface area (Å²) in [5, 5.41) is 8.83. The van der Waals surface area contributed by atoms with E-state index in [0.29, 0.717) is 21.5 Å². The number of hydrogen-bond donors (Lipinski definition) is 0. The summed E-state index contributed by atoms with van der Waals surface area (Å²) in [5.41, 5.74) is -1.31. The molecular formula is C12H8F3N3S2. The first-order chi connectivity index (χ1) is 9.44. The van der Waals surface area contributed by atoms with Gasteiger partial charge in [-0.05, 0) is 29.7 Å². The quantitative estimate of drug-likeness (QED) is 0.854. The zero-order valence-electron chi connectivity index (χ0n) is 10.2. The molecule has 2 rings (SSSR count). The van der Waals surface area contributed by atoms with Crippen LogP contribution in [0.4, 0.5) is 13.2 Å². The highest BCUT2D eigenvalue weighted by Crippen LogP contribution is 2.36. The van der Waals surface area contributed by atoms with E-state index in [1.807, 2.05) is 6.92 Å². The van der Waals surface area contributed by atoms with E-state index in [1.54, 1.807) is 6.07 Å². The number of aryl methyl sites for hydroxylation is 1. The third-order valence-electron chi connectivity index (χ3n) is 2.39. The molecule has 0 aliphatic heterocycles. The number of rotatable bonds is 3. The van der Waals surface area contributed by atoms with Gasteiger partial charge >= 0.3 is 6.18 Å². The molecule has 0 bridgehead atoms. The summed E-state index contributed by atoms with van der Waals surface area (Å²) in [6.07, 6.45) is -3.82. The average Bonchev–Trinajstić information content (AvgIpc) is 2.85. The van der Waals surface area contributed by atoms with Gasteiger partial charge in [0, 0.05) is 11.3 Å². The lowest BCUT2D eigenvalue weighted by atomic mass is 10.1. The smallest absolute Gasteiger partial charge is 0.213 e. The number of benzene rings is 1. The summed E-state index contributed by atoms with van der Waals surface area (Å²) in [6, 6.07) is 5.06. The van der Waals surface area contributed by atoms with Crippen molar-refractivity contribution in [2.75, 3.05) is 0 Å². The number of aromatic nitrogens is 2. The van der Waals surface area contributed by atoms with E-state index < -0.39 is 11.7 Å². The van der Waals surface area contributed by atoms with Crippen molar-refractivity contribution in [3.8, 4) is 6.07 Å². The van der Waals surface area contributed by atoms with Crippen LogP contribution in [0.15, 0.2) is 27.4 Å². The van der Waals surface area contributed by atoms with Crippen LogP contribution in [0.25, 0.3) is 0 Å². The fraction of sp³-hybridized carbons (Fsp3) is 0.250. The lowest BCUT2D eigenvalue weighted by molar-refractivity contribution is -0.137. The number of nitrogens with zero attached hydrogens (tertiary/aromatic N) is 3. The first kappa shape index (κ1) is 14.8. The van der Waals surface area contributed by atoms with Crippen molar-refractivity contribution in [2.24, 2.45) is 0 Å². The molecule has 0 atom stereocenters. The summed E-state index contributed by atoms with van der Waals surface area (Å²) >= 11 is 2.39. The molecule has 0 aliphatic carbocycles. The highest BCUT2D eigenvalue weighted by atomic mass is 32.2. The van der Waals surface area contributed by atoms with Crippen LogP contribution in [-0.4, -0.2) is 9.36 Å². The maximum Gasteiger partial charge on any atom is 0.417 e. The van der Waals surface area contributed by atoms with E-state index in [9.17, 15) is 13.2 Å². The second kappa shape index (κ2) is 5.81. The summed E-state index contributed by atoms with van der Waals surface area (Å²) in [5.74, 6) is 0.699. The second-order valence-corrected chi connectivity index (χ2v) is 5.82. The maximum atomic E-state index is 12.7. The number of hydrogen-bond acceptors (Lipinski definition) is 5. The molecule has 0 saturated heterocycles. The predicted molar refractivity (Wildman–Crippen MR) is 69.6 cm³/mol. The first-order valence-corrected chi connectivity index (χ1v) is 7.14. The van der Waals surface area contributed by atoms with Crippen LogP contribution in [0.3, 0.4) is 0 Å². The second-order valence-electron chi connectivity index (χ2n) is 3.75. The van der Waals surface area contributed by atoms with Gasteiger partial charge in [-0.2, -0.15) is 22.8 Å². The van der Waals surface area contributed by atoms with E-state index in [0.717, 1.165) is 6.07 Å². The molecule has 0 amide bonds. The van der Waals surface area contributed by atoms with Gasteiger partial charge in [-0.3, -0.25) is 0 Å². The average molecular weight is 315 g/mol. The SMILES string of the molecule is CCc1nsc(Sc2ccc(C(F)(F)F)c(C#N)c2)n1. The number of nitriles is 1. The van der Waals surface area contributed by atoms with Crippen LogP contribution >= 0.6 is 23.3 Å². The Morgan fingerprint density at radius 3 is 2.70 bits per heavy atom. The van der Waals surface area contributed by atoms with Crippen LogP contribution in [0.1, 0.15) is 23.9 Å². The van der Waals surface area contributed by atoms with Gasteiger partial charge in [0.05, 0.1) is 17.2 Å². The van der Waals surface area contributed by atoms with Crippen molar-refractivity contribution in [3.63, 3.8) is 0 Å². The molecule has 1 aromatic heterocycles. The van der Waals surface area contributed by atoms with Crippen molar-refractivity contribution in [3.05, 3.63) is 35.2 Å². The van der Waals surface area contributed by atoms with Gasteiger partial charge in [-0.25, -0.2) is 4.98 Å². The normalized spacial score (nSPS) is 11.3. The third kappa shape index (κ3) is 3.29. The molecule has 20 heavy (non-hydrogen) atoms. The van der Waals surface area contributed by atoms with Crippen LogP contribution in [-0.2, 0) is 12.6 Å². The highest BCUT2D eigenvalue weighted by Gasteiger charge is 2.33. The molecule has 1 aromatic carbocycles. The molecule has 0 N–H and O–H groups in total. The standard InChI is InChI=1S/C12H8F3N3S2/c1-2-10-17-11(20-18-10)19-8-3-4-9(12(13,14)15)7(5-8)6-16/h3-5H,2H2,1H3. The zero-order valence-corrected chi connectivity index (χ0v) is 11.9. The zero-order chi connectivity index (χ0) is 14.8. The van der Waals surface area contributed by atoms with Crippen LogP contribution in [0.5, 0.6) is 0 Å². The van der Waals surface area contributed by atoms with E-state index >= 15 is 0 Å². The Kier molecular flexibility index (Phi) is 4.30.